The second-order valence-corrected chi connectivity index (χ2v) is 7.63. The molecule has 0 spiro atoms. The molecular formula is C13H13Br2NO3S. The van der Waals surface area contributed by atoms with Crippen LogP contribution in [0.5, 0.6) is 0 Å². The van der Waals surface area contributed by atoms with Crippen molar-refractivity contribution in [3.05, 3.63) is 52.4 Å². The van der Waals surface area contributed by atoms with Gasteiger partial charge in [0.1, 0.15) is 5.76 Å². The van der Waals surface area contributed by atoms with Gasteiger partial charge in [0, 0.05) is 12.4 Å². The lowest BCUT2D eigenvalue weighted by atomic mass is 10.2. The summed E-state index contributed by atoms with van der Waals surface area (Å²) in [5, 5.41) is 0.698. The number of hydrogen-bond acceptors (Lipinski definition) is 3. The van der Waals surface area contributed by atoms with E-state index in [1.807, 2.05) is 0 Å². The van der Waals surface area contributed by atoms with E-state index in [-0.39, 0.29) is 11.4 Å². The third-order valence-electron chi connectivity index (χ3n) is 2.79. The molecule has 0 atom stereocenters. The molecule has 0 amide bonds. The zero-order valence-electron chi connectivity index (χ0n) is 10.7. The van der Waals surface area contributed by atoms with Gasteiger partial charge in [0.2, 0.25) is 10.0 Å². The summed E-state index contributed by atoms with van der Waals surface area (Å²) in [5.74, 6) is 0.583. The predicted octanol–water partition coefficient (Wildman–Crippen LogP) is 3.76. The Balaban J connectivity index is 2.19. The Morgan fingerprint density at radius 3 is 2.30 bits per heavy atom. The van der Waals surface area contributed by atoms with Gasteiger partial charge in [0.05, 0.1) is 11.4 Å². The number of hydrogen-bond donors (Lipinski definition) is 0. The molecule has 0 aliphatic carbocycles. The van der Waals surface area contributed by atoms with Crippen molar-refractivity contribution in [2.24, 2.45) is 0 Å². The molecule has 0 unspecified atom stereocenters. The fourth-order valence-corrected chi connectivity index (χ4v) is 3.52. The van der Waals surface area contributed by atoms with E-state index in [2.05, 4.69) is 31.9 Å². The van der Waals surface area contributed by atoms with Crippen molar-refractivity contribution < 1.29 is 12.8 Å². The van der Waals surface area contributed by atoms with E-state index in [0.29, 0.717) is 15.8 Å². The summed E-state index contributed by atoms with van der Waals surface area (Å²) < 4.78 is 32.0. The van der Waals surface area contributed by atoms with Crippen LogP contribution in [0.25, 0.3) is 0 Å². The molecule has 7 heteroatoms. The minimum absolute atomic E-state index is 0.189. The molecule has 1 heterocycles. The molecule has 1 aromatic carbocycles. The fourth-order valence-electron chi connectivity index (χ4n) is 1.67. The highest BCUT2D eigenvalue weighted by Gasteiger charge is 2.21. The summed E-state index contributed by atoms with van der Waals surface area (Å²) in [6.07, 6.45) is 0. The number of rotatable bonds is 5. The van der Waals surface area contributed by atoms with E-state index < -0.39 is 10.0 Å². The zero-order chi connectivity index (χ0) is 14.8. The number of furan rings is 1. The van der Waals surface area contributed by atoms with Crippen molar-refractivity contribution in [1.29, 1.82) is 0 Å². The quantitative estimate of drug-likeness (QED) is 0.689. The van der Waals surface area contributed by atoms with Gasteiger partial charge in [0.25, 0.3) is 0 Å². The molecule has 0 saturated carbocycles. The van der Waals surface area contributed by atoms with Crippen molar-refractivity contribution in [3.8, 4) is 0 Å². The first-order valence-electron chi connectivity index (χ1n) is 5.79. The van der Waals surface area contributed by atoms with Gasteiger partial charge in [-0.1, -0.05) is 28.1 Å². The van der Waals surface area contributed by atoms with E-state index in [4.69, 9.17) is 4.42 Å². The summed E-state index contributed by atoms with van der Waals surface area (Å²) in [6, 6.07) is 10.3. The predicted molar refractivity (Wildman–Crippen MR) is 84.1 cm³/mol. The van der Waals surface area contributed by atoms with Gasteiger partial charge < -0.3 is 4.42 Å². The highest BCUT2D eigenvalue weighted by atomic mass is 79.9. The molecule has 0 aliphatic rings. The molecule has 0 fully saturated rings. The van der Waals surface area contributed by atoms with Crippen LogP contribution in [-0.4, -0.2) is 19.8 Å². The highest BCUT2D eigenvalue weighted by molar-refractivity contribution is 9.10. The van der Waals surface area contributed by atoms with E-state index in [0.717, 1.165) is 5.56 Å². The number of benzene rings is 1. The van der Waals surface area contributed by atoms with Gasteiger partial charge in [-0.25, -0.2) is 8.42 Å². The average molecular weight is 423 g/mol. The molecule has 0 N–H and O–H groups in total. The molecule has 2 rings (SSSR count). The van der Waals surface area contributed by atoms with Crippen molar-refractivity contribution in [2.45, 2.75) is 16.8 Å². The molecule has 0 aliphatic heterocycles. The molecule has 2 aromatic rings. The lowest BCUT2D eigenvalue weighted by molar-refractivity contribution is 0.398. The Morgan fingerprint density at radius 2 is 1.80 bits per heavy atom. The topological polar surface area (TPSA) is 50.5 Å². The Morgan fingerprint density at radius 1 is 1.15 bits per heavy atom. The van der Waals surface area contributed by atoms with Crippen LogP contribution in [0.3, 0.4) is 0 Å². The maximum absolute atomic E-state index is 12.4. The van der Waals surface area contributed by atoms with Gasteiger partial charge >= 0.3 is 0 Å². The summed E-state index contributed by atoms with van der Waals surface area (Å²) in [7, 11) is -1.98. The molecule has 1 aromatic heterocycles. The van der Waals surface area contributed by atoms with Crippen molar-refractivity contribution >= 4 is 41.9 Å². The normalized spacial score (nSPS) is 12.0. The fraction of sp³-hybridized carbons (Fsp3) is 0.231. The molecular weight excluding hydrogens is 410 g/mol. The Hall–Kier alpha value is -0.630. The molecule has 0 radical (unpaired) electrons. The monoisotopic (exact) mass is 421 g/mol. The van der Waals surface area contributed by atoms with Crippen molar-refractivity contribution in [1.82, 2.24) is 4.31 Å². The zero-order valence-corrected chi connectivity index (χ0v) is 14.7. The number of nitrogens with zero attached hydrogens (tertiary/aromatic N) is 1. The lowest BCUT2D eigenvalue weighted by Crippen LogP contribution is -2.26. The summed E-state index contributed by atoms with van der Waals surface area (Å²) >= 11 is 6.53. The van der Waals surface area contributed by atoms with Crippen LogP contribution >= 0.6 is 31.9 Å². The van der Waals surface area contributed by atoms with Crippen LogP contribution in [0.1, 0.15) is 11.3 Å². The maximum Gasteiger partial charge on any atom is 0.243 e. The SMILES string of the molecule is CN(Cc1ccc(Br)o1)S(=O)(=O)c1ccc(CBr)cc1. The van der Waals surface area contributed by atoms with Gasteiger partial charge in [-0.05, 0) is 45.8 Å². The van der Waals surface area contributed by atoms with E-state index >= 15 is 0 Å². The van der Waals surface area contributed by atoms with Crippen LogP contribution < -0.4 is 0 Å². The van der Waals surface area contributed by atoms with E-state index in [1.165, 1.54) is 11.4 Å². The second kappa shape index (κ2) is 6.43. The first-order valence-corrected chi connectivity index (χ1v) is 9.14. The third kappa shape index (κ3) is 3.52. The van der Waals surface area contributed by atoms with Gasteiger partial charge in [-0.15, -0.1) is 0 Å². The number of sulfonamides is 1. The van der Waals surface area contributed by atoms with Crippen LogP contribution in [0.4, 0.5) is 0 Å². The number of halogens is 2. The molecule has 0 saturated heterocycles. The first kappa shape index (κ1) is 15.8. The summed E-state index contributed by atoms with van der Waals surface area (Å²) in [4.78, 5) is 0.273. The molecule has 0 bridgehead atoms. The minimum atomic E-state index is -3.51. The third-order valence-corrected chi connectivity index (χ3v) is 5.68. The van der Waals surface area contributed by atoms with Crippen LogP contribution in [0.2, 0.25) is 0 Å². The van der Waals surface area contributed by atoms with Crippen molar-refractivity contribution in [3.63, 3.8) is 0 Å². The smallest absolute Gasteiger partial charge is 0.243 e. The van der Waals surface area contributed by atoms with Gasteiger partial charge in [0.15, 0.2) is 4.67 Å². The van der Waals surface area contributed by atoms with E-state index in [9.17, 15) is 8.42 Å². The van der Waals surface area contributed by atoms with Crippen LogP contribution in [0, 0.1) is 0 Å². The Kier molecular flexibility index (Phi) is 5.06. The minimum Gasteiger partial charge on any atom is -0.453 e. The average Bonchev–Trinajstić information content (AvgIpc) is 2.84. The second-order valence-electron chi connectivity index (χ2n) is 4.24. The van der Waals surface area contributed by atoms with Crippen molar-refractivity contribution in [2.75, 3.05) is 7.05 Å². The number of alkyl halides is 1. The van der Waals surface area contributed by atoms with Crippen LogP contribution in [0.15, 0.2) is 50.4 Å². The molecule has 108 valence electrons. The molecule has 4 nitrogen and oxygen atoms in total. The Bertz CT molecular complexity index is 680. The maximum atomic E-state index is 12.4. The lowest BCUT2D eigenvalue weighted by Gasteiger charge is -2.16. The Labute approximate surface area is 135 Å². The first-order chi connectivity index (χ1) is 9.43. The molecule has 20 heavy (non-hydrogen) atoms. The standard InChI is InChI=1S/C13H13Br2NO3S/c1-16(9-11-4-7-13(15)19-11)20(17,18)12-5-2-10(8-14)3-6-12/h2-7H,8-9H2,1H3. The summed E-state index contributed by atoms with van der Waals surface area (Å²) in [5.41, 5.74) is 1.03. The van der Waals surface area contributed by atoms with Gasteiger partial charge in [-0.3, -0.25) is 0 Å². The van der Waals surface area contributed by atoms with Crippen LogP contribution in [-0.2, 0) is 21.9 Å². The van der Waals surface area contributed by atoms with Gasteiger partial charge in [-0.2, -0.15) is 4.31 Å². The van der Waals surface area contributed by atoms with E-state index in [1.54, 1.807) is 36.4 Å². The highest BCUT2D eigenvalue weighted by Crippen LogP contribution is 2.20. The summed E-state index contributed by atoms with van der Waals surface area (Å²) in [6.45, 7) is 0.189. The largest absolute Gasteiger partial charge is 0.453 e.